The van der Waals surface area contributed by atoms with Gasteiger partial charge >= 0.3 is 0 Å². The van der Waals surface area contributed by atoms with Gasteiger partial charge in [-0.1, -0.05) is 30.3 Å². The van der Waals surface area contributed by atoms with Gasteiger partial charge in [-0.25, -0.2) is 0 Å². The highest BCUT2D eigenvalue weighted by atomic mass is 32.2. The number of H-pyrrole nitrogens is 1. The Morgan fingerprint density at radius 1 is 0.967 bits per heavy atom. The second-order valence-electron chi connectivity index (χ2n) is 7.71. The van der Waals surface area contributed by atoms with Crippen molar-refractivity contribution in [2.45, 2.75) is 33.8 Å². The molecule has 2 aliphatic heterocycles. The fraction of sp³-hybridized carbons (Fsp3) is 0.381. The SMILES string of the molecule is NSc1c(SC2CNC2)ccc(-c2ccc(C3CCNCC3)cc2)c1-c1nn[nH]n1. The van der Waals surface area contributed by atoms with E-state index in [1.807, 2.05) is 11.8 Å². The molecule has 2 saturated heterocycles. The molecule has 3 aromatic rings. The van der Waals surface area contributed by atoms with E-state index in [4.69, 9.17) is 5.14 Å². The molecular formula is C21H25N7S2. The average Bonchev–Trinajstić information content (AvgIpc) is 3.31. The summed E-state index contributed by atoms with van der Waals surface area (Å²) in [7, 11) is 0. The molecule has 0 unspecified atom stereocenters. The molecule has 7 nitrogen and oxygen atoms in total. The van der Waals surface area contributed by atoms with E-state index < -0.39 is 0 Å². The van der Waals surface area contributed by atoms with E-state index in [2.05, 4.69) is 67.7 Å². The van der Waals surface area contributed by atoms with E-state index in [0.29, 0.717) is 17.0 Å². The Bertz CT molecular complexity index is 981. The first-order valence-electron chi connectivity index (χ1n) is 10.3. The van der Waals surface area contributed by atoms with Crippen LogP contribution in [-0.4, -0.2) is 52.1 Å². The van der Waals surface area contributed by atoms with Crippen LogP contribution >= 0.6 is 23.7 Å². The molecule has 156 valence electrons. The van der Waals surface area contributed by atoms with E-state index in [0.717, 1.165) is 47.8 Å². The minimum Gasteiger partial charge on any atom is -0.317 e. The van der Waals surface area contributed by atoms with Gasteiger partial charge in [-0.3, -0.25) is 5.14 Å². The molecule has 9 heteroatoms. The largest absolute Gasteiger partial charge is 0.317 e. The minimum absolute atomic E-state index is 0.573. The van der Waals surface area contributed by atoms with Crippen LogP contribution in [0.15, 0.2) is 46.2 Å². The summed E-state index contributed by atoms with van der Waals surface area (Å²) in [6, 6.07) is 13.3. The fourth-order valence-corrected chi connectivity index (χ4v) is 6.03. The van der Waals surface area contributed by atoms with Gasteiger partial charge in [0.05, 0.1) is 0 Å². The van der Waals surface area contributed by atoms with Crippen LogP contribution in [0.25, 0.3) is 22.5 Å². The zero-order valence-corrected chi connectivity index (χ0v) is 18.2. The number of hydrogen-bond donors (Lipinski definition) is 4. The van der Waals surface area contributed by atoms with Crippen LogP contribution in [0.1, 0.15) is 24.3 Å². The minimum atomic E-state index is 0.573. The molecule has 30 heavy (non-hydrogen) atoms. The summed E-state index contributed by atoms with van der Waals surface area (Å²) in [5, 5.41) is 28.4. The van der Waals surface area contributed by atoms with Gasteiger partial charge in [-0.2, -0.15) is 5.21 Å². The predicted molar refractivity (Wildman–Crippen MR) is 122 cm³/mol. The average molecular weight is 440 g/mol. The Balaban J connectivity index is 1.53. The van der Waals surface area contributed by atoms with Crippen molar-refractivity contribution in [3.8, 4) is 22.5 Å². The number of nitrogens with zero attached hydrogens (tertiary/aromatic N) is 3. The number of aromatic nitrogens is 4. The third kappa shape index (κ3) is 4.00. The number of nitrogens with two attached hydrogens (primary N) is 1. The van der Waals surface area contributed by atoms with Crippen molar-refractivity contribution >= 4 is 23.7 Å². The first-order valence-corrected chi connectivity index (χ1v) is 12.1. The maximum Gasteiger partial charge on any atom is 0.206 e. The van der Waals surface area contributed by atoms with Gasteiger partial charge in [0.25, 0.3) is 0 Å². The highest BCUT2D eigenvalue weighted by molar-refractivity contribution is 8.02. The van der Waals surface area contributed by atoms with Gasteiger partial charge in [0.15, 0.2) is 0 Å². The lowest BCUT2D eigenvalue weighted by atomic mass is 9.89. The zero-order valence-electron chi connectivity index (χ0n) is 16.6. The van der Waals surface area contributed by atoms with Crippen molar-refractivity contribution < 1.29 is 0 Å². The summed E-state index contributed by atoms with van der Waals surface area (Å²) in [6.07, 6.45) is 2.40. The second kappa shape index (κ2) is 9.07. The lowest BCUT2D eigenvalue weighted by Gasteiger charge is -2.27. The lowest BCUT2D eigenvalue weighted by Crippen LogP contribution is -2.44. The standard InChI is InChI=1S/C21H25N7S2/c22-30-20-18(29-16-11-24-12-16)6-5-17(19(20)21-25-27-28-26-21)15-3-1-13(2-4-15)14-7-9-23-10-8-14/h1-6,14,16,23-24H,7-12,22H2,(H,25,26,27,28). The van der Waals surface area contributed by atoms with Gasteiger partial charge in [-0.15, -0.1) is 22.0 Å². The molecule has 2 aromatic carbocycles. The monoisotopic (exact) mass is 439 g/mol. The van der Waals surface area contributed by atoms with Gasteiger partial charge < -0.3 is 10.6 Å². The van der Waals surface area contributed by atoms with E-state index in [-0.39, 0.29) is 0 Å². The molecule has 0 radical (unpaired) electrons. The number of thioether (sulfide) groups is 1. The molecular weight excluding hydrogens is 414 g/mol. The first-order chi connectivity index (χ1) is 14.8. The summed E-state index contributed by atoms with van der Waals surface area (Å²) < 4.78 is 0. The third-order valence-corrected chi connectivity index (χ3v) is 7.93. The fourth-order valence-electron chi connectivity index (χ4n) is 4.12. The highest BCUT2D eigenvalue weighted by Crippen LogP contribution is 2.43. The summed E-state index contributed by atoms with van der Waals surface area (Å²) in [6.45, 7) is 4.25. The number of aromatic amines is 1. The van der Waals surface area contributed by atoms with Gasteiger partial charge in [0, 0.05) is 33.7 Å². The van der Waals surface area contributed by atoms with E-state index in [1.54, 1.807) is 0 Å². The Morgan fingerprint density at radius 3 is 2.40 bits per heavy atom. The third-order valence-electron chi connectivity index (χ3n) is 5.88. The van der Waals surface area contributed by atoms with Crippen molar-refractivity contribution in [1.82, 2.24) is 31.3 Å². The van der Waals surface area contributed by atoms with Gasteiger partial charge in [0.2, 0.25) is 5.82 Å². The van der Waals surface area contributed by atoms with Crippen LogP contribution in [0, 0.1) is 0 Å². The van der Waals surface area contributed by atoms with Crippen molar-refractivity contribution in [3.05, 3.63) is 42.0 Å². The molecule has 2 aliphatic rings. The van der Waals surface area contributed by atoms with Crippen molar-refractivity contribution in [3.63, 3.8) is 0 Å². The number of nitrogens with one attached hydrogen (secondary N) is 3. The summed E-state index contributed by atoms with van der Waals surface area (Å²) in [5.74, 6) is 1.22. The predicted octanol–water partition coefficient (Wildman–Crippen LogP) is 3.03. The van der Waals surface area contributed by atoms with Crippen LogP contribution in [0.3, 0.4) is 0 Å². The zero-order chi connectivity index (χ0) is 20.3. The molecule has 0 saturated carbocycles. The number of benzene rings is 2. The van der Waals surface area contributed by atoms with Crippen molar-refractivity contribution in [2.75, 3.05) is 26.2 Å². The number of tetrazole rings is 1. The Hall–Kier alpha value is -1.91. The molecule has 3 heterocycles. The molecule has 0 spiro atoms. The maximum absolute atomic E-state index is 6.16. The van der Waals surface area contributed by atoms with Crippen LogP contribution in [0.2, 0.25) is 0 Å². The number of piperidine rings is 1. The van der Waals surface area contributed by atoms with Crippen LogP contribution in [-0.2, 0) is 0 Å². The molecule has 0 atom stereocenters. The van der Waals surface area contributed by atoms with Crippen LogP contribution in [0.5, 0.6) is 0 Å². The molecule has 5 rings (SSSR count). The number of rotatable bonds is 6. The smallest absolute Gasteiger partial charge is 0.206 e. The quantitative estimate of drug-likeness (QED) is 0.435. The molecule has 2 fully saturated rings. The van der Waals surface area contributed by atoms with Crippen LogP contribution < -0.4 is 15.8 Å². The van der Waals surface area contributed by atoms with E-state index >= 15 is 0 Å². The maximum atomic E-state index is 6.16. The van der Waals surface area contributed by atoms with Gasteiger partial charge in [-0.05, 0) is 71.8 Å². The first kappa shape index (κ1) is 20.0. The Kier molecular flexibility index (Phi) is 6.05. The number of hydrogen-bond acceptors (Lipinski definition) is 8. The topological polar surface area (TPSA) is 105 Å². The highest BCUT2D eigenvalue weighted by Gasteiger charge is 2.24. The molecule has 0 amide bonds. The molecule has 1 aromatic heterocycles. The van der Waals surface area contributed by atoms with Crippen LogP contribution in [0.4, 0.5) is 0 Å². The summed E-state index contributed by atoms with van der Waals surface area (Å²) in [5.41, 5.74) is 4.59. The molecule has 0 bridgehead atoms. The van der Waals surface area contributed by atoms with E-state index in [9.17, 15) is 0 Å². The van der Waals surface area contributed by atoms with Gasteiger partial charge in [0.1, 0.15) is 0 Å². The Labute approximate surface area is 184 Å². The lowest BCUT2D eigenvalue weighted by molar-refractivity contribution is 0.460. The summed E-state index contributed by atoms with van der Waals surface area (Å²) in [4.78, 5) is 2.18. The summed E-state index contributed by atoms with van der Waals surface area (Å²) >= 11 is 3.12. The molecule has 0 aliphatic carbocycles. The normalized spacial score (nSPS) is 17.8. The van der Waals surface area contributed by atoms with Crippen molar-refractivity contribution in [2.24, 2.45) is 5.14 Å². The van der Waals surface area contributed by atoms with E-state index in [1.165, 1.54) is 35.2 Å². The van der Waals surface area contributed by atoms with Crippen molar-refractivity contribution in [1.29, 1.82) is 0 Å². The Morgan fingerprint density at radius 2 is 1.77 bits per heavy atom. The molecule has 5 N–H and O–H groups in total. The second-order valence-corrected chi connectivity index (χ2v) is 9.70.